The fourth-order valence-electron chi connectivity index (χ4n) is 3.60. The highest BCUT2D eigenvalue weighted by molar-refractivity contribution is 7.91. The van der Waals surface area contributed by atoms with Crippen molar-refractivity contribution < 1.29 is 35.3 Å². The molecule has 2 bridgehead atoms. The number of hydrogen-bond acceptors (Lipinski definition) is 8. The number of rotatable bonds is 4. The molecule has 12 nitrogen and oxygen atoms in total. The number of carbonyl (C=O) groups excluding carboxylic acids is 2. The average molecular weight is 412 g/mol. The second-order valence-electron chi connectivity index (χ2n) is 6.64. The van der Waals surface area contributed by atoms with Gasteiger partial charge in [-0.1, -0.05) is 0 Å². The first-order valence-corrected chi connectivity index (χ1v) is 11.2. The van der Waals surface area contributed by atoms with Crippen LogP contribution in [-0.2, 0) is 29.3 Å². The van der Waals surface area contributed by atoms with E-state index in [1.807, 2.05) is 0 Å². The molecule has 0 aliphatic carbocycles. The molecular formula is C12H20N4O8S2. The van der Waals surface area contributed by atoms with E-state index < -0.39 is 50.3 Å². The van der Waals surface area contributed by atoms with Crippen molar-refractivity contribution in [2.24, 2.45) is 5.84 Å². The number of carbonyl (C=O) groups is 2. The minimum absolute atomic E-state index is 0.0516. The zero-order valence-corrected chi connectivity index (χ0v) is 15.4. The smallest absolute Gasteiger partial charge is 0.309 e. The summed E-state index contributed by atoms with van der Waals surface area (Å²) in [4.78, 5) is 26.2. The van der Waals surface area contributed by atoms with Gasteiger partial charge in [-0.05, 0) is 25.7 Å². The summed E-state index contributed by atoms with van der Waals surface area (Å²) in [5, 5.41) is 1.54. The Hall–Kier alpha value is -1.48. The van der Waals surface area contributed by atoms with Gasteiger partial charge in [0.2, 0.25) is 0 Å². The van der Waals surface area contributed by atoms with E-state index in [0.717, 1.165) is 9.91 Å². The molecule has 2 atom stereocenters. The molecule has 0 radical (unpaired) electrons. The van der Waals surface area contributed by atoms with Gasteiger partial charge in [-0.15, -0.1) is 4.28 Å². The van der Waals surface area contributed by atoms with Crippen molar-refractivity contribution in [1.82, 2.24) is 15.0 Å². The van der Waals surface area contributed by atoms with Crippen LogP contribution in [0.4, 0.5) is 4.79 Å². The summed E-state index contributed by atoms with van der Waals surface area (Å²) in [5.41, 5.74) is 0. The molecule has 0 saturated carbocycles. The number of nitrogens with zero attached hydrogens (tertiary/aromatic N) is 3. The molecule has 0 spiro atoms. The van der Waals surface area contributed by atoms with Crippen molar-refractivity contribution >= 4 is 32.2 Å². The predicted molar refractivity (Wildman–Crippen MR) is 86.1 cm³/mol. The highest BCUT2D eigenvalue weighted by atomic mass is 32.3. The van der Waals surface area contributed by atoms with Crippen LogP contribution >= 0.6 is 0 Å². The van der Waals surface area contributed by atoms with E-state index in [-0.39, 0.29) is 37.3 Å². The van der Waals surface area contributed by atoms with Gasteiger partial charge in [-0.3, -0.25) is 14.4 Å². The highest BCUT2D eigenvalue weighted by Crippen LogP contribution is 2.32. The largest absolute Gasteiger partial charge is 0.418 e. The summed E-state index contributed by atoms with van der Waals surface area (Å²) >= 11 is 0. The van der Waals surface area contributed by atoms with Gasteiger partial charge in [0.15, 0.2) is 0 Å². The number of hydroxylamine groups is 2. The average Bonchev–Trinajstić information content (AvgIpc) is 2.77. The summed E-state index contributed by atoms with van der Waals surface area (Å²) in [6.07, 6.45) is 0.998. The first-order valence-electron chi connectivity index (χ1n) is 8.03. The third kappa shape index (κ3) is 3.78. The number of hydrogen-bond donors (Lipinski definition) is 2. The lowest BCUT2D eigenvalue weighted by molar-refractivity contribution is -0.139. The molecule has 14 heteroatoms. The number of amides is 3. The normalized spacial score (nSPS) is 29.1. The topological polar surface area (TPSA) is 168 Å². The van der Waals surface area contributed by atoms with Gasteiger partial charge in [0.05, 0.1) is 23.6 Å². The van der Waals surface area contributed by atoms with E-state index in [2.05, 4.69) is 4.28 Å². The number of urea groups is 1. The quantitative estimate of drug-likeness (QED) is 0.236. The SMILES string of the molecule is NN(C(=O)[C@@H]1CC[C@@H]2CN1C(=O)N2OS(=O)(=O)O)C1CCS(=O)(=O)CC1. The maximum absolute atomic E-state index is 12.7. The van der Waals surface area contributed by atoms with E-state index in [9.17, 15) is 26.4 Å². The molecule has 3 rings (SSSR count). The standard InChI is InChI=1S/C12H20N4O8S2/c13-15(8-3-5-25(19,20)6-4-8)11(17)10-2-1-9-7-14(10)12(18)16(9)24-26(21,22)23/h8-10H,1-7,13H2,(H,21,22,23)/t9-,10+/m1/s1. The van der Waals surface area contributed by atoms with Gasteiger partial charge in [0.25, 0.3) is 5.91 Å². The molecule has 0 aromatic rings. The Kier molecular flexibility index (Phi) is 4.89. The molecule has 3 aliphatic heterocycles. The number of hydrazine groups is 1. The monoisotopic (exact) mass is 412 g/mol. The fraction of sp³-hybridized carbons (Fsp3) is 0.833. The van der Waals surface area contributed by atoms with E-state index in [4.69, 9.17) is 10.4 Å². The van der Waals surface area contributed by atoms with Gasteiger partial charge in [0.1, 0.15) is 15.9 Å². The van der Waals surface area contributed by atoms with E-state index in [1.54, 1.807) is 0 Å². The molecule has 0 aromatic carbocycles. The van der Waals surface area contributed by atoms with Gasteiger partial charge < -0.3 is 4.90 Å². The Morgan fingerprint density at radius 2 is 1.85 bits per heavy atom. The van der Waals surface area contributed by atoms with Crippen LogP contribution in [0.2, 0.25) is 0 Å². The Morgan fingerprint density at radius 1 is 1.23 bits per heavy atom. The zero-order chi connectivity index (χ0) is 19.3. The zero-order valence-electron chi connectivity index (χ0n) is 13.7. The van der Waals surface area contributed by atoms with Crippen LogP contribution in [0.3, 0.4) is 0 Å². The molecule has 0 unspecified atom stereocenters. The van der Waals surface area contributed by atoms with E-state index in [1.165, 1.54) is 0 Å². The van der Waals surface area contributed by atoms with Crippen LogP contribution in [0.25, 0.3) is 0 Å². The number of sulfone groups is 1. The molecular weight excluding hydrogens is 392 g/mol. The van der Waals surface area contributed by atoms with Gasteiger partial charge >= 0.3 is 16.4 Å². The van der Waals surface area contributed by atoms with E-state index >= 15 is 0 Å². The molecule has 148 valence electrons. The van der Waals surface area contributed by atoms with Crippen LogP contribution in [0.5, 0.6) is 0 Å². The fourth-order valence-corrected chi connectivity index (χ4v) is 5.45. The molecule has 3 amide bonds. The molecule has 3 aliphatic rings. The predicted octanol–water partition coefficient (Wildman–Crippen LogP) is -1.73. The highest BCUT2D eigenvalue weighted by Gasteiger charge is 2.50. The van der Waals surface area contributed by atoms with Crippen molar-refractivity contribution in [2.45, 2.75) is 43.8 Å². The lowest BCUT2D eigenvalue weighted by Gasteiger charge is -2.36. The van der Waals surface area contributed by atoms with E-state index in [0.29, 0.717) is 11.5 Å². The Balaban J connectivity index is 1.69. The maximum Gasteiger partial charge on any atom is 0.418 e. The Labute approximate surface area is 150 Å². The van der Waals surface area contributed by atoms with Crippen LogP contribution in [-0.4, -0.2) is 84.5 Å². The summed E-state index contributed by atoms with van der Waals surface area (Å²) in [7, 11) is -7.96. The third-order valence-corrected chi connectivity index (χ3v) is 7.02. The van der Waals surface area contributed by atoms with Gasteiger partial charge in [-0.25, -0.2) is 19.1 Å². The van der Waals surface area contributed by atoms with Crippen molar-refractivity contribution in [3.63, 3.8) is 0 Å². The summed E-state index contributed by atoms with van der Waals surface area (Å²) in [5.74, 6) is 5.26. The van der Waals surface area contributed by atoms with Crippen molar-refractivity contribution in [2.75, 3.05) is 18.1 Å². The molecule has 3 saturated heterocycles. The second kappa shape index (κ2) is 6.60. The maximum atomic E-state index is 12.7. The number of nitrogens with two attached hydrogens (primary N) is 1. The van der Waals surface area contributed by atoms with Crippen molar-refractivity contribution in [3.8, 4) is 0 Å². The molecule has 0 aromatic heterocycles. The van der Waals surface area contributed by atoms with Crippen LogP contribution in [0.1, 0.15) is 25.7 Å². The molecule has 3 N–H and O–H groups in total. The third-order valence-electron chi connectivity index (χ3n) is 4.95. The van der Waals surface area contributed by atoms with Crippen LogP contribution in [0.15, 0.2) is 0 Å². The number of piperidine rings is 1. The number of fused-ring (bicyclic) bond motifs is 2. The van der Waals surface area contributed by atoms with Crippen molar-refractivity contribution in [1.29, 1.82) is 0 Å². The second-order valence-corrected chi connectivity index (χ2v) is 9.95. The lowest BCUT2D eigenvalue weighted by Crippen LogP contribution is -2.57. The van der Waals surface area contributed by atoms with Crippen molar-refractivity contribution in [3.05, 3.63) is 0 Å². The lowest BCUT2D eigenvalue weighted by atomic mass is 9.99. The summed E-state index contributed by atoms with van der Waals surface area (Å²) in [6.45, 7) is 0.0671. The van der Waals surface area contributed by atoms with Crippen LogP contribution < -0.4 is 5.84 Å². The molecule has 3 heterocycles. The first-order chi connectivity index (χ1) is 12.0. The molecule has 3 fully saturated rings. The first kappa shape index (κ1) is 19.3. The summed E-state index contributed by atoms with van der Waals surface area (Å²) in [6, 6.07) is -2.77. The Bertz CT molecular complexity index is 799. The van der Waals surface area contributed by atoms with Crippen LogP contribution in [0, 0.1) is 0 Å². The minimum atomic E-state index is -4.86. The van der Waals surface area contributed by atoms with Gasteiger partial charge in [-0.2, -0.15) is 13.5 Å². The minimum Gasteiger partial charge on any atom is -0.309 e. The molecule has 26 heavy (non-hydrogen) atoms. The Morgan fingerprint density at radius 3 is 2.42 bits per heavy atom. The van der Waals surface area contributed by atoms with Gasteiger partial charge in [0, 0.05) is 6.54 Å². The summed E-state index contributed by atoms with van der Waals surface area (Å²) < 4.78 is 57.8.